The van der Waals surface area contributed by atoms with Gasteiger partial charge in [-0.15, -0.1) is 5.10 Å². The van der Waals surface area contributed by atoms with Crippen LogP contribution in [0.2, 0.25) is 0 Å². The normalized spacial score (nSPS) is 29.0. The second-order valence-corrected chi connectivity index (χ2v) is 14.0. The van der Waals surface area contributed by atoms with Crippen LogP contribution in [0.25, 0.3) is 11.1 Å². The lowest BCUT2D eigenvalue weighted by atomic mass is 9.88. The lowest BCUT2D eigenvalue weighted by Gasteiger charge is -2.34. The van der Waals surface area contributed by atoms with E-state index in [1.165, 1.54) is 29.4 Å². The Labute approximate surface area is 279 Å². The summed E-state index contributed by atoms with van der Waals surface area (Å²) < 4.78 is 42.7. The number of aromatic amines is 1. The number of nitrogens with one attached hydrogen (secondary N) is 2. The first kappa shape index (κ1) is 32.5. The molecule has 3 N–H and O–H groups in total. The van der Waals surface area contributed by atoms with Crippen LogP contribution >= 0.6 is 0 Å². The Morgan fingerprint density at radius 1 is 1.20 bits per heavy atom. The summed E-state index contributed by atoms with van der Waals surface area (Å²) >= 11 is 0. The number of halogens is 2. The highest BCUT2D eigenvalue weighted by molar-refractivity contribution is 6.08. The molecule has 0 bridgehead atoms. The van der Waals surface area contributed by atoms with Crippen molar-refractivity contribution in [1.29, 1.82) is 5.26 Å². The van der Waals surface area contributed by atoms with Gasteiger partial charge in [0.25, 0.3) is 5.91 Å². The first-order chi connectivity index (χ1) is 23.3. The van der Waals surface area contributed by atoms with E-state index in [0.29, 0.717) is 12.1 Å². The van der Waals surface area contributed by atoms with Gasteiger partial charge >= 0.3 is 12.1 Å². The Morgan fingerprint density at radius 2 is 1.92 bits per heavy atom. The molecule has 49 heavy (non-hydrogen) atoms. The van der Waals surface area contributed by atoms with Crippen molar-refractivity contribution in [3.63, 3.8) is 0 Å². The summed E-state index contributed by atoms with van der Waals surface area (Å²) in [7, 11) is 0. The van der Waals surface area contributed by atoms with Crippen molar-refractivity contribution in [3.8, 4) is 17.2 Å². The van der Waals surface area contributed by atoms with Crippen LogP contribution in [0.5, 0.6) is 0 Å². The van der Waals surface area contributed by atoms with Crippen molar-refractivity contribution in [1.82, 2.24) is 30.6 Å². The number of nitriles is 1. The fourth-order valence-electron chi connectivity index (χ4n) is 7.51. The van der Waals surface area contributed by atoms with Crippen molar-refractivity contribution in [2.45, 2.75) is 62.4 Å². The summed E-state index contributed by atoms with van der Waals surface area (Å²) in [6.45, 7) is 5.31. The van der Waals surface area contributed by atoms with Crippen LogP contribution in [-0.2, 0) is 30.9 Å². The molecule has 256 valence electrons. The van der Waals surface area contributed by atoms with Crippen molar-refractivity contribution in [2.24, 2.45) is 11.8 Å². The number of β-amino-alcohol motifs (C(OH)–C–C–N with tert-alkyl or cyclic N) is 1. The number of aliphatic hydroxyl groups is 1. The number of rotatable bonds is 7. The van der Waals surface area contributed by atoms with Gasteiger partial charge < -0.3 is 19.5 Å². The zero-order valence-corrected chi connectivity index (χ0v) is 26.9. The number of ether oxygens (including phenoxy) is 2. The number of amides is 2. The number of aromatic nitrogens is 4. The molecule has 1 saturated carbocycles. The lowest BCUT2D eigenvalue weighted by Crippen LogP contribution is -2.61. The van der Waals surface area contributed by atoms with Gasteiger partial charge in [-0.05, 0) is 39.0 Å². The number of cyclic esters (lactones) is 1. The fourth-order valence-corrected chi connectivity index (χ4v) is 7.51. The highest BCUT2D eigenvalue weighted by atomic mass is 19.1. The molecular formula is C33H34F2N8O6. The highest BCUT2D eigenvalue weighted by Crippen LogP contribution is 2.64. The third kappa shape index (κ3) is 5.37. The van der Waals surface area contributed by atoms with Crippen LogP contribution in [0.15, 0.2) is 36.7 Å². The summed E-state index contributed by atoms with van der Waals surface area (Å²) in [6.07, 6.45) is 0.787. The quantitative estimate of drug-likeness (QED) is 0.246. The van der Waals surface area contributed by atoms with Crippen molar-refractivity contribution < 1.29 is 37.7 Å². The third-order valence-corrected chi connectivity index (χ3v) is 9.74. The molecule has 7 rings (SSSR count). The van der Waals surface area contributed by atoms with Gasteiger partial charge in [-0.1, -0.05) is 11.3 Å². The average Bonchev–Trinajstić information content (AvgIpc) is 3.68. The zero-order valence-electron chi connectivity index (χ0n) is 26.9. The Kier molecular flexibility index (Phi) is 7.67. The SMILES string of the molecule is CC(C)(C)OC(=O)[C@@]1(C(=O)N2CC3C(C2)C3(C#N)c2ncccc2-c2c(F)cc(N3C[C@@H](Cc4cnn[nH]4)OC3=O)cc2F)C[C@@H](O)CN1. The van der Waals surface area contributed by atoms with Gasteiger partial charge in [0, 0.05) is 56.1 Å². The molecule has 0 spiro atoms. The maximum atomic E-state index is 15.9. The summed E-state index contributed by atoms with van der Waals surface area (Å²) in [6, 6.07) is 7.42. The Hall–Kier alpha value is -5.01. The van der Waals surface area contributed by atoms with Gasteiger partial charge in [0.1, 0.15) is 28.8 Å². The van der Waals surface area contributed by atoms with E-state index in [2.05, 4.69) is 31.8 Å². The zero-order chi connectivity index (χ0) is 34.9. The van der Waals surface area contributed by atoms with Crippen LogP contribution in [0.1, 0.15) is 38.6 Å². The smallest absolute Gasteiger partial charge is 0.414 e. The number of benzene rings is 1. The van der Waals surface area contributed by atoms with Gasteiger partial charge in [-0.2, -0.15) is 5.26 Å². The van der Waals surface area contributed by atoms with Gasteiger partial charge in [0.05, 0.1) is 47.6 Å². The predicted molar refractivity (Wildman–Crippen MR) is 165 cm³/mol. The lowest BCUT2D eigenvalue weighted by molar-refractivity contribution is -0.168. The minimum Gasteiger partial charge on any atom is -0.458 e. The van der Waals surface area contributed by atoms with Crippen LogP contribution in [0.4, 0.5) is 19.3 Å². The van der Waals surface area contributed by atoms with E-state index >= 15 is 8.78 Å². The van der Waals surface area contributed by atoms with E-state index < -0.39 is 75.8 Å². The molecule has 1 aliphatic carbocycles. The van der Waals surface area contributed by atoms with E-state index in [1.807, 2.05) is 0 Å². The second kappa shape index (κ2) is 11.6. The Morgan fingerprint density at radius 3 is 2.51 bits per heavy atom. The number of hydrogen-bond donors (Lipinski definition) is 3. The summed E-state index contributed by atoms with van der Waals surface area (Å²) in [5.41, 5.74) is -3.44. The molecule has 2 amide bonds. The van der Waals surface area contributed by atoms with Crippen molar-refractivity contribution in [2.75, 3.05) is 31.1 Å². The van der Waals surface area contributed by atoms with E-state index in [9.17, 15) is 24.8 Å². The fraction of sp³-hybridized carbons (Fsp3) is 0.485. The van der Waals surface area contributed by atoms with Crippen molar-refractivity contribution in [3.05, 3.63) is 59.7 Å². The number of esters is 1. The average molecular weight is 677 g/mol. The predicted octanol–water partition coefficient (Wildman–Crippen LogP) is 2.00. The number of fused-ring (bicyclic) bond motifs is 1. The molecule has 4 fully saturated rings. The summed E-state index contributed by atoms with van der Waals surface area (Å²) in [5.74, 6) is -4.12. The minimum atomic E-state index is -1.78. The van der Waals surface area contributed by atoms with Crippen LogP contribution < -0.4 is 10.2 Å². The Balaban J connectivity index is 1.13. The number of H-pyrrole nitrogens is 1. The minimum absolute atomic E-state index is 0.0311. The molecule has 4 aliphatic rings. The second-order valence-electron chi connectivity index (χ2n) is 14.0. The van der Waals surface area contributed by atoms with E-state index in [0.717, 1.165) is 17.0 Å². The molecule has 2 unspecified atom stereocenters. The number of carbonyl (C=O) groups excluding carboxylic acids is 3. The number of carbonyl (C=O) groups is 3. The standard InChI is InChI=1S/C33H34F2N8O6/c1-31(2,3)49-29(46)33(10-19(44)12-38-33)28(45)42-14-22-23(15-42)32(22,16-36)27-21(5-4-6-37-27)26-24(34)8-18(9-25(26)35)43-13-20(48-30(43)47)7-17-11-39-41-40-17/h4-6,8-9,11,19-20,22-23,38,44H,7,10,12-15H2,1-3H3,(H,39,40,41)/t19-,20-,22?,23?,32?,33+/m1/s1. The van der Waals surface area contributed by atoms with E-state index in [1.54, 1.807) is 20.8 Å². The molecule has 1 aromatic carbocycles. The molecule has 14 nitrogen and oxygen atoms in total. The molecule has 5 heterocycles. The molecule has 0 radical (unpaired) electrons. The van der Waals surface area contributed by atoms with Crippen molar-refractivity contribution >= 4 is 23.7 Å². The Bertz CT molecular complexity index is 1840. The maximum Gasteiger partial charge on any atom is 0.414 e. The number of aliphatic hydroxyl groups excluding tert-OH is 1. The van der Waals surface area contributed by atoms with E-state index in [4.69, 9.17) is 9.47 Å². The molecule has 3 saturated heterocycles. The van der Waals surface area contributed by atoms with Crippen LogP contribution in [0, 0.1) is 34.8 Å². The molecule has 3 aliphatic heterocycles. The summed E-state index contributed by atoms with van der Waals surface area (Å²) in [4.78, 5) is 46.9. The number of pyridine rings is 1. The topological polar surface area (TPSA) is 187 Å². The molecular weight excluding hydrogens is 642 g/mol. The monoisotopic (exact) mass is 676 g/mol. The number of nitrogens with zero attached hydrogens (tertiary/aromatic N) is 6. The maximum absolute atomic E-state index is 15.9. The molecule has 5 atom stereocenters. The van der Waals surface area contributed by atoms with Gasteiger partial charge in [0.2, 0.25) is 0 Å². The molecule has 16 heteroatoms. The summed E-state index contributed by atoms with van der Waals surface area (Å²) in [5, 5.41) is 33.7. The number of piperidine rings is 1. The van der Waals surface area contributed by atoms with Gasteiger partial charge in [0.15, 0.2) is 5.54 Å². The van der Waals surface area contributed by atoms with Crippen LogP contribution in [0.3, 0.4) is 0 Å². The third-order valence-electron chi connectivity index (χ3n) is 9.74. The van der Waals surface area contributed by atoms with Gasteiger partial charge in [-0.25, -0.2) is 18.4 Å². The number of anilines is 1. The highest BCUT2D eigenvalue weighted by Gasteiger charge is 2.73. The largest absolute Gasteiger partial charge is 0.458 e. The first-order valence-electron chi connectivity index (χ1n) is 15.9. The number of likely N-dealkylation sites (tertiary alicyclic amines) is 1. The van der Waals surface area contributed by atoms with E-state index in [-0.39, 0.29) is 49.5 Å². The number of hydrogen-bond acceptors (Lipinski definition) is 11. The molecule has 2 aromatic heterocycles. The van der Waals surface area contributed by atoms with Gasteiger partial charge in [-0.3, -0.25) is 25.1 Å². The van der Waals surface area contributed by atoms with Crippen LogP contribution in [-0.4, -0.2) is 97.9 Å². The molecule has 3 aromatic rings. The first-order valence-corrected chi connectivity index (χ1v) is 15.9.